The van der Waals surface area contributed by atoms with Crippen molar-refractivity contribution in [1.29, 1.82) is 0 Å². The van der Waals surface area contributed by atoms with Gasteiger partial charge < -0.3 is 9.47 Å². The van der Waals surface area contributed by atoms with Gasteiger partial charge >= 0.3 is 11.9 Å². The highest BCUT2D eigenvalue weighted by Crippen LogP contribution is 2.70. The fourth-order valence-electron chi connectivity index (χ4n) is 19.8. The number of fused-ring (bicyclic) bond motifs is 10. The maximum atomic E-state index is 13.0. The lowest BCUT2D eigenvalue weighted by atomic mass is 9.46. The summed E-state index contributed by atoms with van der Waals surface area (Å²) in [5, 5.41) is 0. The third kappa shape index (κ3) is 13.6. The number of hydrogen-bond donors (Lipinski definition) is 0. The summed E-state index contributed by atoms with van der Waals surface area (Å²) in [6.07, 6.45) is 44.4. The van der Waals surface area contributed by atoms with E-state index in [-0.39, 0.29) is 24.1 Å². The van der Waals surface area contributed by atoms with E-state index >= 15 is 0 Å². The van der Waals surface area contributed by atoms with E-state index in [9.17, 15) is 9.59 Å². The number of carbonyl (C=O) groups excluding carboxylic acids is 2. The molecule has 0 unspecified atom stereocenters. The summed E-state index contributed by atoms with van der Waals surface area (Å²) in [6, 6.07) is 0. The lowest BCUT2D eigenvalue weighted by molar-refractivity contribution is -0.149. The highest BCUT2D eigenvalue weighted by atomic mass is 33.1. The molecule has 0 amide bonds. The summed E-state index contributed by atoms with van der Waals surface area (Å²) in [5.74, 6) is 12.9. The van der Waals surface area contributed by atoms with E-state index in [1.165, 1.54) is 166 Å². The van der Waals surface area contributed by atoms with Crippen molar-refractivity contribution >= 4 is 33.5 Å². The van der Waals surface area contributed by atoms with Crippen LogP contribution in [0.2, 0.25) is 0 Å². The second kappa shape index (κ2) is 26.6. The first kappa shape index (κ1) is 59.2. The molecule has 6 heteroatoms. The van der Waals surface area contributed by atoms with Gasteiger partial charge in [0.1, 0.15) is 12.2 Å². The van der Waals surface area contributed by atoms with Crippen molar-refractivity contribution < 1.29 is 19.1 Å². The van der Waals surface area contributed by atoms with Gasteiger partial charge in [-0.3, -0.25) is 9.59 Å². The molecule has 0 aliphatic heterocycles. The van der Waals surface area contributed by atoms with Gasteiger partial charge in [0, 0.05) is 24.3 Å². The number of unbranched alkanes of at least 4 members (excludes halogenated alkanes) is 6. The van der Waals surface area contributed by atoms with Crippen LogP contribution in [0, 0.1) is 92.7 Å². The fourth-order valence-corrected chi connectivity index (χ4v) is 22.1. The van der Waals surface area contributed by atoms with Crippen molar-refractivity contribution in [2.24, 2.45) is 92.7 Å². The summed E-state index contributed by atoms with van der Waals surface area (Å²) < 4.78 is 12.3. The maximum absolute atomic E-state index is 13.0. The van der Waals surface area contributed by atoms with Crippen molar-refractivity contribution in [2.75, 3.05) is 11.5 Å². The zero-order valence-electron chi connectivity index (χ0n) is 49.7. The normalized spacial score (nSPS) is 38.2. The molecule has 6 saturated carbocycles. The molecule has 4 nitrogen and oxygen atoms in total. The van der Waals surface area contributed by atoms with Gasteiger partial charge in [-0.05, 0) is 233 Å². The lowest BCUT2D eigenvalue weighted by Crippen LogP contribution is -2.51. The lowest BCUT2D eigenvalue weighted by Gasteiger charge is -2.59. The van der Waals surface area contributed by atoms with Crippen LogP contribution in [-0.2, 0) is 19.1 Å². The highest BCUT2D eigenvalue weighted by Gasteiger charge is 2.61. The minimum Gasteiger partial charge on any atom is -0.458 e. The molecule has 6 fully saturated rings. The van der Waals surface area contributed by atoms with E-state index in [0.717, 1.165) is 110 Å². The molecule has 0 radical (unpaired) electrons. The van der Waals surface area contributed by atoms with Gasteiger partial charge in [-0.25, -0.2) is 0 Å². The first-order valence-electron chi connectivity index (χ1n) is 32.5. The van der Waals surface area contributed by atoms with Crippen LogP contribution in [0.5, 0.6) is 0 Å². The Balaban J connectivity index is 0.628. The van der Waals surface area contributed by atoms with Crippen molar-refractivity contribution in [1.82, 2.24) is 0 Å². The van der Waals surface area contributed by atoms with E-state index < -0.39 is 0 Å². The quantitative estimate of drug-likeness (QED) is 0.0354. The van der Waals surface area contributed by atoms with E-state index in [0.29, 0.717) is 34.5 Å². The Morgan fingerprint density at radius 1 is 0.473 bits per heavy atom. The van der Waals surface area contributed by atoms with Gasteiger partial charge in [-0.2, -0.15) is 0 Å². The molecule has 422 valence electrons. The predicted octanol–water partition coefficient (Wildman–Crippen LogP) is 20.2. The van der Waals surface area contributed by atoms with Crippen LogP contribution in [0.4, 0.5) is 0 Å². The van der Waals surface area contributed by atoms with Crippen LogP contribution in [0.1, 0.15) is 275 Å². The monoisotopic (exact) mass is 1060 g/mol. The summed E-state index contributed by atoms with van der Waals surface area (Å²) >= 11 is 0. The third-order valence-corrected chi connectivity index (χ3v) is 26.5. The number of esters is 2. The topological polar surface area (TPSA) is 52.6 Å². The molecule has 0 saturated heterocycles. The van der Waals surface area contributed by atoms with Crippen LogP contribution in [0.25, 0.3) is 0 Å². The average Bonchev–Trinajstić information content (AvgIpc) is 3.91. The molecule has 8 aliphatic rings. The molecule has 0 heterocycles. The van der Waals surface area contributed by atoms with Gasteiger partial charge in [-0.1, -0.05) is 166 Å². The molecule has 0 spiro atoms. The first-order valence-corrected chi connectivity index (χ1v) is 35.0. The third-order valence-electron chi connectivity index (χ3n) is 23.9. The van der Waals surface area contributed by atoms with Crippen molar-refractivity contribution in [3.63, 3.8) is 0 Å². The Morgan fingerprint density at radius 2 is 0.878 bits per heavy atom. The number of rotatable bonds is 27. The van der Waals surface area contributed by atoms with Gasteiger partial charge in [0.25, 0.3) is 0 Å². The van der Waals surface area contributed by atoms with Gasteiger partial charge in [-0.15, -0.1) is 0 Å². The number of hydrogen-bond acceptors (Lipinski definition) is 6. The number of carbonyl (C=O) groups is 2. The smallest absolute Gasteiger partial charge is 0.306 e. The maximum Gasteiger partial charge on any atom is 0.306 e. The summed E-state index contributed by atoms with van der Waals surface area (Å²) in [5.41, 5.74) is 4.97. The van der Waals surface area contributed by atoms with Crippen molar-refractivity contribution in [3.8, 4) is 0 Å². The Labute approximate surface area is 464 Å². The largest absolute Gasteiger partial charge is 0.458 e. The molecule has 16 atom stereocenters. The van der Waals surface area contributed by atoms with Crippen LogP contribution in [0.3, 0.4) is 0 Å². The number of allylic oxidation sites excluding steroid dienone is 2. The van der Waals surface area contributed by atoms with Crippen molar-refractivity contribution in [2.45, 2.75) is 287 Å². The summed E-state index contributed by atoms with van der Waals surface area (Å²) in [4.78, 5) is 26.0. The fraction of sp³-hybridized carbons (Fsp3) is 0.912. The standard InChI is InChI=1S/C68H114O4S2/c1-47(2)21-19-23-49(5)57-31-33-59-55-29-27-51-45-53(35-39-65(51,7)61(55)37-41-67(57,59)9)71-63(69)25-15-11-13-17-43-73-74-44-18-14-12-16-26-64(70)72-54-36-40-66(8)52(46-54)28-30-56-60-34-32-58(50(6)24-20-22-48(3)4)68(60,10)42-38-62(56)66/h45-50,53-62H,11-44H2,1-10H3/t49-,50-,53+,54+,55+,56+,57-,58-,59+,60+,61+,62+,65+,66+,67-,68-/m1/s1. The average molecular weight is 1060 g/mol. The van der Waals surface area contributed by atoms with Gasteiger partial charge in [0.15, 0.2) is 0 Å². The Morgan fingerprint density at radius 3 is 1.28 bits per heavy atom. The molecule has 0 bridgehead atoms. The summed E-state index contributed by atoms with van der Waals surface area (Å²) in [7, 11) is 4.03. The predicted molar refractivity (Wildman–Crippen MR) is 317 cm³/mol. The molecule has 0 aromatic rings. The molecule has 8 aliphatic carbocycles. The Hall–Kier alpha value is -0.880. The zero-order chi connectivity index (χ0) is 52.7. The molecule has 0 aromatic carbocycles. The van der Waals surface area contributed by atoms with Crippen LogP contribution < -0.4 is 0 Å². The highest BCUT2D eigenvalue weighted by molar-refractivity contribution is 8.76. The van der Waals surface area contributed by atoms with Gasteiger partial charge in [0.2, 0.25) is 0 Å². The summed E-state index contributed by atoms with van der Waals surface area (Å²) in [6.45, 7) is 25.3. The number of ether oxygens (including phenoxy) is 2. The first-order chi connectivity index (χ1) is 35.5. The second-order valence-electron chi connectivity index (χ2n) is 29.2. The second-order valence-corrected chi connectivity index (χ2v) is 31.9. The minimum atomic E-state index is -0.0118. The molecule has 0 aromatic heterocycles. The molecule has 74 heavy (non-hydrogen) atoms. The van der Waals surface area contributed by atoms with E-state index in [1.54, 1.807) is 11.1 Å². The van der Waals surface area contributed by atoms with E-state index in [2.05, 4.69) is 81.4 Å². The minimum absolute atomic E-state index is 0.0118. The van der Waals surface area contributed by atoms with Crippen molar-refractivity contribution in [3.05, 3.63) is 23.3 Å². The molecular formula is C68H114O4S2. The van der Waals surface area contributed by atoms with Crippen LogP contribution in [0.15, 0.2) is 23.3 Å². The van der Waals surface area contributed by atoms with E-state index in [4.69, 9.17) is 9.47 Å². The van der Waals surface area contributed by atoms with Gasteiger partial charge in [0.05, 0.1) is 0 Å². The SMILES string of the molecule is CC(C)CCC[C@@H](C)[C@H]1CC[C@H]2[C@@H]3CCC4=C[C@@H](OC(=O)CCCCCCSSCCCCCCC(=O)O[C@@H]5C=C6CC[C@H]7[C@@H]8CC[C@H]([C@H](C)CCCC(C)C)[C@@]8(C)CC[C@@H]7[C@@]6(C)CC5)CC[C@]4(C)[C@H]3CC[C@]12C. The van der Waals surface area contributed by atoms with Crippen LogP contribution >= 0.6 is 21.6 Å². The Bertz CT molecular complexity index is 1740. The van der Waals surface area contributed by atoms with E-state index in [1.807, 2.05) is 21.6 Å². The van der Waals surface area contributed by atoms with Crippen LogP contribution in [-0.4, -0.2) is 35.7 Å². The molecular weight excluding hydrogens is 945 g/mol. The Kier molecular flexibility index (Phi) is 21.3. The zero-order valence-corrected chi connectivity index (χ0v) is 51.4. The molecule has 0 N–H and O–H groups in total. The molecule has 8 rings (SSSR count).